The fourth-order valence-electron chi connectivity index (χ4n) is 2.24. The maximum absolute atomic E-state index is 10.1. The Morgan fingerprint density at radius 1 is 1.60 bits per heavy atom. The second kappa shape index (κ2) is 4.28. The van der Waals surface area contributed by atoms with Crippen LogP contribution in [0.1, 0.15) is 23.5 Å². The van der Waals surface area contributed by atoms with Crippen LogP contribution < -0.4 is 4.74 Å². The fraction of sp³-hybridized carbons (Fsp3) is 0.417. The van der Waals surface area contributed by atoms with E-state index in [9.17, 15) is 4.79 Å². The van der Waals surface area contributed by atoms with Crippen molar-refractivity contribution in [1.29, 1.82) is 0 Å². The van der Waals surface area contributed by atoms with Gasteiger partial charge in [-0.05, 0) is 30.0 Å². The molecule has 0 heterocycles. The number of methoxy groups -OCH3 is 1. The van der Waals surface area contributed by atoms with Gasteiger partial charge in [-0.15, -0.1) is 0 Å². The predicted molar refractivity (Wildman–Crippen MR) is 57.0 cm³/mol. The molecule has 0 spiro atoms. The molecule has 0 amide bonds. The molecule has 3 nitrogen and oxygen atoms in total. The zero-order valence-corrected chi connectivity index (χ0v) is 8.69. The molecule has 1 aliphatic rings. The zero-order chi connectivity index (χ0) is 10.7. The van der Waals surface area contributed by atoms with Crippen molar-refractivity contribution < 1.29 is 9.53 Å². The van der Waals surface area contributed by atoms with E-state index in [0.717, 1.165) is 18.6 Å². The Hall–Kier alpha value is -1.60. The highest BCUT2D eigenvalue weighted by Gasteiger charge is 2.24. The van der Waals surface area contributed by atoms with Gasteiger partial charge in [0.25, 0.3) is 0 Å². The van der Waals surface area contributed by atoms with E-state index in [1.54, 1.807) is 13.2 Å². The Balaban J connectivity index is 2.30. The Kier molecular flexibility index (Phi) is 2.84. The van der Waals surface area contributed by atoms with Crippen LogP contribution in [0.4, 0.5) is 0 Å². The van der Waals surface area contributed by atoms with E-state index in [-0.39, 0.29) is 0 Å². The number of aliphatic imine (C=N–C) groups is 1. The van der Waals surface area contributed by atoms with Crippen molar-refractivity contribution in [2.75, 3.05) is 13.7 Å². The molecule has 1 unspecified atom stereocenters. The molecule has 0 fully saturated rings. The van der Waals surface area contributed by atoms with E-state index >= 15 is 0 Å². The number of ether oxygens (including phenoxy) is 1. The average molecular weight is 203 g/mol. The van der Waals surface area contributed by atoms with Crippen LogP contribution in [0.5, 0.6) is 5.75 Å². The SMILES string of the molecule is COc1cccc2c1CCC2CN=C=O. The van der Waals surface area contributed by atoms with Gasteiger partial charge in [0, 0.05) is 5.92 Å². The first-order valence-electron chi connectivity index (χ1n) is 5.06. The summed E-state index contributed by atoms with van der Waals surface area (Å²) in [4.78, 5) is 13.7. The van der Waals surface area contributed by atoms with Gasteiger partial charge in [0.15, 0.2) is 0 Å². The van der Waals surface area contributed by atoms with Crippen LogP contribution in [0.25, 0.3) is 0 Å². The van der Waals surface area contributed by atoms with Gasteiger partial charge in [0.05, 0.1) is 13.7 Å². The molecule has 0 saturated carbocycles. The molecular formula is C12H13NO2. The summed E-state index contributed by atoms with van der Waals surface area (Å²) in [5.41, 5.74) is 2.54. The highest BCUT2D eigenvalue weighted by molar-refractivity contribution is 5.45. The molecule has 15 heavy (non-hydrogen) atoms. The Morgan fingerprint density at radius 2 is 2.47 bits per heavy atom. The first-order valence-corrected chi connectivity index (χ1v) is 5.06. The monoisotopic (exact) mass is 203 g/mol. The van der Waals surface area contributed by atoms with E-state index < -0.39 is 0 Å². The predicted octanol–water partition coefficient (Wildman–Crippen LogP) is 2.06. The van der Waals surface area contributed by atoms with E-state index in [1.807, 2.05) is 12.1 Å². The normalized spacial score (nSPS) is 18.1. The minimum atomic E-state index is 0.358. The van der Waals surface area contributed by atoms with Crippen molar-refractivity contribution in [1.82, 2.24) is 0 Å². The van der Waals surface area contributed by atoms with Crippen molar-refractivity contribution in [3.63, 3.8) is 0 Å². The smallest absolute Gasteiger partial charge is 0.234 e. The topological polar surface area (TPSA) is 38.7 Å². The lowest BCUT2D eigenvalue weighted by Gasteiger charge is -2.09. The van der Waals surface area contributed by atoms with Crippen LogP contribution >= 0.6 is 0 Å². The standard InChI is InChI=1S/C12H13NO2/c1-15-12-4-2-3-10-9(7-13-8-14)5-6-11(10)12/h2-4,9H,5-7H2,1H3. The Morgan fingerprint density at radius 3 is 3.20 bits per heavy atom. The highest BCUT2D eigenvalue weighted by Crippen LogP contribution is 2.38. The lowest BCUT2D eigenvalue weighted by molar-refractivity contribution is 0.410. The average Bonchev–Trinajstić information content (AvgIpc) is 2.69. The van der Waals surface area contributed by atoms with Gasteiger partial charge in [-0.25, -0.2) is 9.79 Å². The van der Waals surface area contributed by atoms with Gasteiger partial charge < -0.3 is 4.74 Å². The third kappa shape index (κ3) is 1.79. The van der Waals surface area contributed by atoms with Gasteiger partial charge in [-0.3, -0.25) is 0 Å². The molecule has 1 aromatic rings. The fourth-order valence-corrected chi connectivity index (χ4v) is 2.24. The molecular weight excluding hydrogens is 190 g/mol. The molecule has 1 aliphatic carbocycles. The summed E-state index contributed by atoms with van der Waals surface area (Å²) in [6.45, 7) is 0.545. The minimum Gasteiger partial charge on any atom is -0.496 e. The van der Waals surface area contributed by atoms with Gasteiger partial charge >= 0.3 is 0 Å². The number of carbonyl (C=O) groups excluding carboxylic acids is 1. The van der Waals surface area contributed by atoms with Crippen LogP contribution in [0, 0.1) is 0 Å². The number of fused-ring (bicyclic) bond motifs is 1. The molecule has 0 aliphatic heterocycles. The number of hydrogen-bond acceptors (Lipinski definition) is 3. The molecule has 0 aromatic heterocycles. The number of rotatable bonds is 3. The van der Waals surface area contributed by atoms with E-state index in [1.165, 1.54) is 11.1 Å². The van der Waals surface area contributed by atoms with Crippen LogP contribution in [0.3, 0.4) is 0 Å². The van der Waals surface area contributed by atoms with Crippen LogP contribution in [-0.2, 0) is 11.2 Å². The Bertz CT molecular complexity index is 408. The summed E-state index contributed by atoms with van der Waals surface area (Å²) >= 11 is 0. The summed E-state index contributed by atoms with van der Waals surface area (Å²) in [7, 11) is 1.69. The first-order chi connectivity index (χ1) is 7.36. The molecule has 0 bridgehead atoms. The lowest BCUT2D eigenvalue weighted by Crippen LogP contribution is -1.98. The highest BCUT2D eigenvalue weighted by atomic mass is 16.5. The van der Waals surface area contributed by atoms with Crippen molar-refractivity contribution in [3.8, 4) is 5.75 Å². The summed E-state index contributed by atoms with van der Waals surface area (Å²) in [5.74, 6) is 1.31. The number of isocyanates is 1. The van der Waals surface area contributed by atoms with E-state index in [4.69, 9.17) is 4.74 Å². The number of hydrogen-bond donors (Lipinski definition) is 0. The third-order valence-corrected chi connectivity index (χ3v) is 2.95. The number of nitrogens with zero attached hydrogens (tertiary/aromatic N) is 1. The number of benzene rings is 1. The van der Waals surface area contributed by atoms with Crippen molar-refractivity contribution in [2.24, 2.45) is 4.99 Å². The summed E-state index contributed by atoms with van der Waals surface area (Å²) in [6, 6.07) is 6.06. The molecule has 1 aromatic carbocycles. The van der Waals surface area contributed by atoms with Crippen LogP contribution in [-0.4, -0.2) is 19.7 Å². The van der Waals surface area contributed by atoms with Crippen molar-refractivity contribution >= 4 is 6.08 Å². The largest absolute Gasteiger partial charge is 0.496 e. The molecule has 0 radical (unpaired) electrons. The molecule has 78 valence electrons. The second-order valence-electron chi connectivity index (χ2n) is 3.70. The molecule has 1 atom stereocenters. The molecule has 0 saturated heterocycles. The summed E-state index contributed by atoms with van der Waals surface area (Å²) in [5, 5.41) is 0. The summed E-state index contributed by atoms with van der Waals surface area (Å²) in [6.07, 6.45) is 3.65. The molecule has 0 N–H and O–H groups in total. The summed E-state index contributed by atoms with van der Waals surface area (Å²) < 4.78 is 5.30. The zero-order valence-electron chi connectivity index (χ0n) is 8.69. The lowest BCUT2D eigenvalue weighted by atomic mass is 10.0. The van der Waals surface area contributed by atoms with Crippen molar-refractivity contribution in [3.05, 3.63) is 29.3 Å². The van der Waals surface area contributed by atoms with Gasteiger partial charge in [0.2, 0.25) is 6.08 Å². The first kappa shape index (κ1) is 9.94. The molecule has 3 heteroatoms. The maximum Gasteiger partial charge on any atom is 0.234 e. The third-order valence-electron chi connectivity index (χ3n) is 2.95. The van der Waals surface area contributed by atoms with Gasteiger partial charge in [-0.1, -0.05) is 12.1 Å². The quantitative estimate of drug-likeness (QED) is 0.557. The minimum absolute atomic E-state index is 0.358. The molecule has 2 rings (SSSR count). The van der Waals surface area contributed by atoms with Gasteiger partial charge in [0.1, 0.15) is 5.75 Å². The maximum atomic E-state index is 10.1. The Labute approximate surface area is 88.8 Å². The van der Waals surface area contributed by atoms with Crippen LogP contribution in [0.2, 0.25) is 0 Å². The van der Waals surface area contributed by atoms with E-state index in [2.05, 4.69) is 11.1 Å². The van der Waals surface area contributed by atoms with Crippen LogP contribution in [0.15, 0.2) is 23.2 Å². The van der Waals surface area contributed by atoms with E-state index in [0.29, 0.717) is 12.5 Å². The van der Waals surface area contributed by atoms with Gasteiger partial charge in [-0.2, -0.15) is 0 Å². The van der Waals surface area contributed by atoms with Crippen molar-refractivity contribution in [2.45, 2.75) is 18.8 Å². The second-order valence-corrected chi connectivity index (χ2v) is 3.70.